The van der Waals surface area contributed by atoms with Gasteiger partial charge in [-0.15, -0.1) is 0 Å². The highest BCUT2D eigenvalue weighted by atomic mass is 32.2. The quantitative estimate of drug-likeness (QED) is 0.789. The van der Waals surface area contributed by atoms with E-state index in [1.807, 2.05) is 37.2 Å². The number of carbonyl (C=O) groups is 1. The van der Waals surface area contributed by atoms with Gasteiger partial charge in [0.25, 0.3) is 0 Å². The van der Waals surface area contributed by atoms with Crippen LogP contribution in [0.25, 0.3) is 0 Å². The van der Waals surface area contributed by atoms with Gasteiger partial charge >= 0.3 is 0 Å². The third-order valence-corrected chi connectivity index (χ3v) is 5.07. The average Bonchev–Trinajstić information content (AvgIpc) is 2.61. The largest absolute Gasteiger partial charge is 0.378 e. The fourth-order valence-corrected chi connectivity index (χ4v) is 3.41. The Kier molecular flexibility index (Phi) is 6.42. The van der Waals surface area contributed by atoms with E-state index in [0.29, 0.717) is 16.9 Å². The van der Waals surface area contributed by atoms with Crippen molar-refractivity contribution in [1.29, 1.82) is 5.26 Å². The third kappa shape index (κ3) is 5.72. The van der Waals surface area contributed by atoms with Gasteiger partial charge in [-0.25, -0.2) is 8.42 Å². The zero-order valence-corrected chi connectivity index (χ0v) is 16.3. The van der Waals surface area contributed by atoms with Crippen molar-refractivity contribution >= 4 is 33.0 Å². The predicted octanol–water partition coefficient (Wildman–Crippen LogP) is 2.42. The van der Waals surface area contributed by atoms with Gasteiger partial charge in [0.2, 0.25) is 15.9 Å². The second-order valence-corrected chi connectivity index (χ2v) is 8.14. The maximum Gasteiger partial charge on any atom is 0.232 e. The summed E-state index contributed by atoms with van der Waals surface area (Å²) in [5.74, 6) is -0.294. The van der Waals surface area contributed by atoms with Crippen molar-refractivity contribution < 1.29 is 13.2 Å². The molecule has 0 aliphatic carbocycles. The molecular weight excluding hydrogens is 364 g/mol. The molecule has 0 atom stereocenters. The molecule has 0 fully saturated rings. The molecule has 8 heteroatoms. The van der Waals surface area contributed by atoms with E-state index in [1.165, 1.54) is 6.07 Å². The summed E-state index contributed by atoms with van der Waals surface area (Å²) < 4.78 is 25.3. The fraction of sp³-hybridized carbons (Fsp3) is 0.263. The molecule has 2 aromatic carbocycles. The SMILES string of the molecule is CN(C)c1ccc(NC(=O)CCN(c2cccc(C#N)c2)S(C)(=O)=O)cc1. The summed E-state index contributed by atoms with van der Waals surface area (Å²) in [6.07, 6.45) is 1.06. The number of nitriles is 1. The molecule has 1 N–H and O–H groups in total. The zero-order chi connectivity index (χ0) is 20.0. The second kappa shape index (κ2) is 8.56. The lowest BCUT2D eigenvalue weighted by Gasteiger charge is -2.22. The molecule has 0 heterocycles. The van der Waals surface area contributed by atoms with Crippen molar-refractivity contribution in [3.8, 4) is 6.07 Å². The van der Waals surface area contributed by atoms with Crippen LogP contribution in [0.1, 0.15) is 12.0 Å². The van der Waals surface area contributed by atoms with Crippen molar-refractivity contribution in [2.24, 2.45) is 0 Å². The minimum absolute atomic E-state index is 0.0146. The number of carbonyl (C=O) groups excluding carboxylic acids is 1. The standard InChI is InChI=1S/C19H22N4O3S/c1-22(2)17-9-7-16(8-10-17)21-19(24)11-12-23(27(3,25)26)18-6-4-5-15(13-18)14-20/h4-10,13H,11-12H2,1-3H3,(H,21,24). The minimum Gasteiger partial charge on any atom is -0.378 e. The van der Waals surface area contributed by atoms with E-state index in [0.717, 1.165) is 16.2 Å². The van der Waals surface area contributed by atoms with Crippen LogP contribution in [0.2, 0.25) is 0 Å². The Morgan fingerprint density at radius 1 is 1.11 bits per heavy atom. The predicted molar refractivity (Wildman–Crippen MR) is 107 cm³/mol. The van der Waals surface area contributed by atoms with Crippen LogP contribution in [0.15, 0.2) is 48.5 Å². The number of anilines is 3. The third-order valence-electron chi connectivity index (χ3n) is 3.87. The molecule has 0 saturated carbocycles. The van der Waals surface area contributed by atoms with Crippen LogP contribution < -0.4 is 14.5 Å². The maximum absolute atomic E-state index is 12.2. The normalized spacial score (nSPS) is 10.7. The Bertz CT molecular complexity index is 948. The molecule has 0 aromatic heterocycles. The molecule has 2 rings (SSSR count). The van der Waals surface area contributed by atoms with Crippen LogP contribution in [-0.2, 0) is 14.8 Å². The number of benzene rings is 2. The lowest BCUT2D eigenvalue weighted by Crippen LogP contribution is -2.33. The van der Waals surface area contributed by atoms with E-state index in [-0.39, 0.29) is 18.9 Å². The number of hydrogen-bond acceptors (Lipinski definition) is 5. The highest BCUT2D eigenvalue weighted by Crippen LogP contribution is 2.20. The topological polar surface area (TPSA) is 93.5 Å². The van der Waals surface area contributed by atoms with Crippen LogP contribution in [0.5, 0.6) is 0 Å². The Morgan fingerprint density at radius 2 is 1.78 bits per heavy atom. The van der Waals surface area contributed by atoms with Gasteiger partial charge in [-0.2, -0.15) is 5.26 Å². The number of rotatable bonds is 7. The van der Waals surface area contributed by atoms with E-state index in [4.69, 9.17) is 5.26 Å². The molecule has 0 saturated heterocycles. The summed E-state index contributed by atoms with van der Waals surface area (Å²) in [5.41, 5.74) is 2.36. The molecular formula is C19H22N4O3S. The molecule has 27 heavy (non-hydrogen) atoms. The molecule has 0 unspecified atom stereocenters. The number of nitrogens with one attached hydrogen (secondary N) is 1. The number of sulfonamides is 1. The van der Waals surface area contributed by atoms with E-state index in [9.17, 15) is 13.2 Å². The van der Waals surface area contributed by atoms with Gasteiger partial charge in [-0.1, -0.05) is 6.07 Å². The van der Waals surface area contributed by atoms with E-state index < -0.39 is 10.0 Å². The van der Waals surface area contributed by atoms with Crippen molar-refractivity contribution in [3.63, 3.8) is 0 Å². The first-order valence-electron chi connectivity index (χ1n) is 8.26. The highest BCUT2D eigenvalue weighted by molar-refractivity contribution is 7.92. The molecule has 7 nitrogen and oxygen atoms in total. The average molecular weight is 386 g/mol. The van der Waals surface area contributed by atoms with Gasteiger partial charge in [0.1, 0.15) is 0 Å². The molecule has 0 aliphatic heterocycles. The fourth-order valence-electron chi connectivity index (χ4n) is 2.49. The van der Waals surface area contributed by atoms with Gasteiger partial charge < -0.3 is 10.2 Å². The van der Waals surface area contributed by atoms with Crippen LogP contribution >= 0.6 is 0 Å². The smallest absolute Gasteiger partial charge is 0.232 e. The number of hydrogen-bond donors (Lipinski definition) is 1. The summed E-state index contributed by atoms with van der Waals surface area (Å²) in [4.78, 5) is 14.2. The second-order valence-electron chi connectivity index (χ2n) is 6.24. The Labute approximate surface area is 159 Å². The van der Waals surface area contributed by atoms with Crippen LogP contribution in [0, 0.1) is 11.3 Å². The van der Waals surface area contributed by atoms with Gasteiger partial charge in [0.05, 0.1) is 23.6 Å². The van der Waals surface area contributed by atoms with Crippen molar-refractivity contribution in [1.82, 2.24) is 0 Å². The molecule has 0 radical (unpaired) electrons. The molecule has 1 amide bonds. The van der Waals surface area contributed by atoms with Crippen molar-refractivity contribution in [2.45, 2.75) is 6.42 Å². The number of amides is 1. The first kappa shape index (κ1) is 20.3. The Balaban J connectivity index is 2.06. The van der Waals surface area contributed by atoms with Gasteiger partial charge in [0, 0.05) is 38.4 Å². The van der Waals surface area contributed by atoms with Gasteiger partial charge in [-0.3, -0.25) is 9.10 Å². The van der Waals surface area contributed by atoms with Crippen LogP contribution in [0.3, 0.4) is 0 Å². The Morgan fingerprint density at radius 3 is 2.33 bits per heavy atom. The molecule has 2 aromatic rings. The summed E-state index contributed by atoms with van der Waals surface area (Å²) in [5, 5.41) is 11.8. The van der Waals surface area contributed by atoms with Gasteiger partial charge in [0.15, 0.2) is 0 Å². The maximum atomic E-state index is 12.2. The molecule has 0 spiro atoms. The molecule has 142 valence electrons. The lowest BCUT2D eigenvalue weighted by atomic mass is 10.2. The summed E-state index contributed by atoms with van der Waals surface area (Å²) in [6.45, 7) is -0.0185. The summed E-state index contributed by atoms with van der Waals surface area (Å²) >= 11 is 0. The van der Waals surface area contributed by atoms with Gasteiger partial charge in [-0.05, 0) is 42.5 Å². The highest BCUT2D eigenvalue weighted by Gasteiger charge is 2.19. The van der Waals surface area contributed by atoms with E-state index in [2.05, 4.69) is 5.32 Å². The van der Waals surface area contributed by atoms with Crippen LogP contribution in [0.4, 0.5) is 17.1 Å². The minimum atomic E-state index is -3.59. The summed E-state index contributed by atoms with van der Waals surface area (Å²) in [7, 11) is 0.262. The monoisotopic (exact) mass is 386 g/mol. The zero-order valence-electron chi connectivity index (χ0n) is 15.5. The molecule has 0 bridgehead atoms. The lowest BCUT2D eigenvalue weighted by molar-refractivity contribution is -0.116. The van der Waals surface area contributed by atoms with E-state index in [1.54, 1.807) is 30.3 Å². The summed E-state index contributed by atoms with van der Waals surface area (Å²) in [6, 6.07) is 15.6. The number of nitrogens with zero attached hydrogens (tertiary/aromatic N) is 3. The first-order chi connectivity index (χ1) is 12.7. The van der Waals surface area contributed by atoms with Crippen molar-refractivity contribution in [3.05, 3.63) is 54.1 Å². The molecule has 0 aliphatic rings. The van der Waals surface area contributed by atoms with E-state index >= 15 is 0 Å². The van der Waals surface area contributed by atoms with Crippen molar-refractivity contribution in [2.75, 3.05) is 41.4 Å². The first-order valence-corrected chi connectivity index (χ1v) is 10.1. The van der Waals surface area contributed by atoms with Crippen LogP contribution in [-0.4, -0.2) is 41.2 Å². The Hall–Kier alpha value is -3.05.